The Morgan fingerprint density at radius 2 is 1.62 bits per heavy atom. The molecule has 1 aromatic carbocycles. The highest BCUT2D eigenvalue weighted by Crippen LogP contribution is 2.37. The summed E-state index contributed by atoms with van der Waals surface area (Å²) in [4.78, 5) is 1.29. The van der Waals surface area contributed by atoms with Crippen LogP contribution in [0.5, 0.6) is 0 Å². The van der Waals surface area contributed by atoms with Gasteiger partial charge < -0.3 is 4.90 Å². The number of halogens is 3. The third-order valence-electron chi connectivity index (χ3n) is 2.66. The molecule has 0 bridgehead atoms. The first kappa shape index (κ1) is 16.1. The number of alkyl halides is 3. The largest absolute Gasteiger partial charge is 0.418 e. The Hall–Kier alpha value is -2.98. The average Bonchev–Trinajstić information content (AvgIpc) is 2.42. The van der Waals surface area contributed by atoms with Crippen molar-refractivity contribution in [2.75, 3.05) is 19.0 Å². The molecule has 0 radical (unpaired) electrons. The van der Waals surface area contributed by atoms with Crippen molar-refractivity contribution in [2.24, 2.45) is 0 Å². The fourth-order valence-corrected chi connectivity index (χ4v) is 1.71. The van der Waals surface area contributed by atoms with Crippen molar-refractivity contribution >= 4 is 11.3 Å². The monoisotopic (exact) mass is 290 g/mol. The first-order valence-electron chi connectivity index (χ1n) is 5.59. The minimum atomic E-state index is -4.62. The molecule has 0 heterocycles. The van der Waals surface area contributed by atoms with Crippen molar-refractivity contribution in [3.05, 3.63) is 34.9 Å². The first-order valence-corrected chi connectivity index (χ1v) is 5.59. The van der Waals surface area contributed by atoms with Gasteiger partial charge in [-0.2, -0.15) is 29.0 Å². The molecule has 0 unspecified atom stereocenters. The lowest BCUT2D eigenvalue weighted by Gasteiger charge is -2.20. The zero-order valence-electron chi connectivity index (χ0n) is 11.2. The lowest BCUT2D eigenvalue weighted by molar-refractivity contribution is -0.137. The summed E-state index contributed by atoms with van der Waals surface area (Å²) in [7, 11) is 2.92. The Balaban J connectivity index is 3.66. The number of anilines is 1. The van der Waals surface area contributed by atoms with Crippen molar-refractivity contribution in [3.8, 4) is 18.2 Å². The fourth-order valence-electron chi connectivity index (χ4n) is 1.71. The third kappa shape index (κ3) is 3.32. The van der Waals surface area contributed by atoms with Gasteiger partial charge in [0.1, 0.15) is 23.8 Å². The maximum Gasteiger partial charge on any atom is 0.418 e. The SMILES string of the molecule is CN(C)c1ccc(C(C#N)=C(C#N)C#N)cc1C(F)(F)F. The summed E-state index contributed by atoms with van der Waals surface area (Å²) < 4.78 is 39.2. The number of allylic oxidation sites excluding steroid dienone is 2. The zero-order valence-corrected chi connectivity index (χ0v) is 11.2. The Bertz CT molecular complexity index is 694. The van der Waals surface area contributed by atoms with Gasteiger partial charge in [0, 0.05) is 19.8 Å². The molecular formula is C14H9F3N4. The minimum absolute atomic E-state index is 0.0704. The number of hydrogen-bond acceptors (Lipinski definition) is 4. The molecule has 0 saturated carbocycles. The predicted molar refractivity (Wildman–Crippen MR) is 69.5 cm³/mol. The van der Waals surface area contributed by atoms with Crippen LogP contribution in [-0.2, 0) is 6.18 Å². The highest BCUT2D eigenvalue weighted by atomic mass is 19.4. The zero-order chi connectivity index (χ0) is 16.2. The lowest BCUT2D eigenvalue weighted by Crippen LogP contribution is -2.16. The van der Waals surface area contributed by atoms with Gasteiger partial charge in [-0.1, -0.05) is 6.07 Å². The Labute approximate surface area is 119 Å². The maximum atomic E-state index is 13.1. The van der Waals surface area contributed by atoms with Crippen LogP contribution >= 0.6 is 0 Å². The Morgan fingerprint density at radius 1 is 1.05 bits per heavy atom. The highest BCUT2D eigenvalue weighted by Gasteiger charge is 2.34. The normalized spacial score (nSPS) is 10.0. The molecule has 7 heteroatoms. The van der Waals surface area contributed by atoms with Crippen molar-refractivity contribution in [1.29, 1.82) is 15.8 Å². The standard InChI is InChI=1S/C14H9F3N4/c1-21(2)13-4-3-9(5-12(13)14(15,16)17)11(8-20)10(6-18)7-19/h3-5H,1-2H3. The van der Waals surface area contributed by atoms with Gasteiger partial charge in [0.25, 0.3) is 0 Å². The van der Waals surface area contributed by atoms with E-state index in [1.165, 1.54) is 43.3 Å². The van der Waals surface area contributed by atoms with E-state index in [1.54, 1.807) is 6.07 Å². The molecule has 0 amide bonds. The average molecular weight is 290 g/mol. The van der Waals surface area contributed by atoms with E-state index in [0.717, 1.165) is 6.07 Å². The molecule has 0 N–H and O–H groups in total. The van der Waals surface area contributed by atoms with E-state index in [1.807, 2.05) is 0 Å². The van der Waals surface area contributed by atoms with Gasteiger partial charge in [-0.3, -0.25) is 0 Å². The summed E-state index contributed by atoms with van der Waals surface area (Å²) in [6.07, 6.45) is -4.62. The number of rotatable bonds is 2. The van der Waals surface area contributed by atoms with Gasteiger partial charge in [0.05, 0.1) is 11.1 Å². The molecule has 0 fully saturated rings. The van der Waals surface area contributed by atoms with Crippen LogP contribution in [0, 0.1) is 34.0 Å². The molecule has 0 atom stereocenters. The smallest absolute Gasteiger partial charge is 0.377 e. The Kier molecular flexibility index (Phi) is 4.58. The molecule has 1 rings (SSSR count). The summed E-state index contributed by atoms with van der Waals surface area (Å²) in [5.74, 6) is 0. The second kappa shape index (κ2) is 5.98. The highest BCUT2D eigenvalue weighted by molar-refractivity contribution is 5.85. The quantitative estimate of drug-likeness (QED) is 0.784. The molecule has 106 valence electrons. The second-order valence-electron chi connectivity index (χ2n) is 4.21. The predicted octanol–water partition coefficient (Wildman–Crippen LogP) is 3.10. The summed E-state index contributed by atoms with van der Waals surface area (Å²) in [5, 5.41) is 26.5. The van der Waals surface area contributed by atoms with E-state index in [2.05, 4.69) is 0 Å². The number of nitriles is 3. The molecule has 0 saturated heterocycles. The van der Waals surface area contributed by atoms with Crippen LogP contribution in [0.1, 0.15) is 11.1 Å². The van der Waals surface area contributed by atoms with Crippen LogP contribution in [-0.4, -0.2) is 14.1 Å². The van der Waals surface area contributed by atoms with Crippen molar-refractivity contribution in [2.45, 2.75) is 6.18 Å². The summed E-state index contributed by atoms with van der Waals surface area (Å²) in [5.41, 5.74) is -2.03. The van der Waals surface area contributed by atoms with Crippen LogP contribution in [0.4, 0.5) is 18.9 Å². The number of nitrogens with zero attached hydrogens (tertiary/aromatic N) is 4. The molecular weight excluding hydrogens is 281 g/mol. The third-order valence-corrected chi connectivity index (χ3v) is 2.66. The number of benzene rings is 1. The molecule has 4 nitrogen and oxygen atoms in total. The second-order valence-corrected chi connectivity index (χ2v) is 4.21. The van der Waals surface area contributed by atoms with Crippen molar-refractivity contribution < 1.29 is 13.2 Å². The van der Waals surface area contributed by atoms with E-state index in [4.69, 9.17) is 15.8 Å². The summed E-state index contributed by atoms with van der Waals surface area (Å²) in [6, 6.07) is 7.84. The van der Waals surface area contributed by atoms with Gasteiger partial charge in [0.2, 0.25) is 0 Å². The molecule has 21 heavy (non-hydrogen) atoms. The van der Waals surface area contributed by atoms with Crippen LogP contribution in [0.3, 0.4) is 0 Å². The van der Waals surface area contributed by atoms with Crippen molar-refractivity contribution in [3.63, 3.8) is 0 Å². The van der Waals surface area contributed by atoms with Gasteiger partial charge in [0.15, 0.2) is 0 Å². The molecule has 0 aliphatic rings. The van der Waals surface area contributed by atoms with E-state index in [0.29, 0.717) is 0 Å². The van der Waals surface area contributed by atoms with Gasteiger partial charge >= 0.3 is 6.18 Å². The maximum absolute atomic E-state index is 13.1. The van der Waals surface area contributed by atoms with E-state index in [-0.39, 0.29) is 16.8 Å². The van der Waals surface area contributed by atoms with Crippen LogP contribution in [0.15, 0.2) is 23.8 Å². The molecule has 1 aromatic rings. The molecule has 0 aliphatic carbocycles. The van der Waals surface area contributed by atoms with E-state index in [9.17, 15) is 13.2 Å². The first-order chi connectivity index (χ1) is 9.76. The lowest BCUT2D eigenvalue weighted by atomic mass is 9.98. The van der Waals surface area contributed by atoms with Crippen LogP contribution in [0.25, 0.3) is 5.57 Å². The fraction of sp³-hybridized carbons (Fsp3) is 0.214. The van der Waals surface area contributed by atoms with Crippen LogP contribution < -0.4 is 4.90 Å². The van der Waals surface area contributed by atoms with E-state index >= 15 is 0 Å². The van der Waals surface area contributed by atoms with Crippen LogP contribution in [0.2, 0.25) is 0 Å². The van der Waals surface area contributed by atoms with Gasteiger partial charge in [-0.05, 0) is 17.7 Å². The minimum Gasteiger partial charge on any atom is -0.377 e. The number of hydrogen-bond donors (Lipinski definition) is 0. The summed E-state index contributed by atoms with van der Waals surface area (Å²) >= 11 is 0. The molecule has 0 spiro atoms. The molecule has 0 aliphatic heterocycles. The van der Waals surface area contributed by atoms with Gasteiger partial charge in [-0.15, -0.1) is 0 Å². The topological polar surface area (TPSA) is 74.6 Å². The van der Waals surface area contributed by atoms with Gasteiger partial charge in [-0.25, -0.2) is 0 Å². The Morgan fingerprint density at radius 3 is 2.00 bits per heavy atom. The summed E-state index contributed by atoms with van der Waals surface area (Å²) in [6.45, 7) is 0. The van der Waals surface area contributed by atoms with Crippen molar-refractivity contribution in [1.82, 2.24) is 0 Å². The molecule has 0 aromatic heterocycles. The van der Waals surface area contributed by atoms with E-state index < -0.39 is 17.3 Å².